The van der Waals surface area contributed by atoms with Crippen molar-refractivity contribution in [1.82, 2.24) is 10.6 Å². The molecule has 0 saturated carbocycles. The van der Waals surface area contributed by atoms with Crippen molar-refractivity contribution in [3.05, 3.63) is 71.4 Å². The molecule has 0 unspecified atom stereocenters. The quantitative estimate of drug-likeness (QED) is 0.534. The zero-order valence-corrected chi connectivity index (χ0v) is 18.3. The van der Waals surface area contributed by atoms with Crippen molar-refractivity contribution < 1.29 is 33.4 Å². The van der Waals surface area contributed by atoms with E-state index in [0.717, 1.165) is 0 Å². The van der Waals surface area contributed by atoms with Gasteiger partial charge in [0.1, 0.15) is 12.4 Å². The molecule has 3 N–H and O–H groups in total. The van der Waals surface area contributed by atoms with Crippen molar-refractivity contribution in [2.24, 2.45) is 0 Å². The second-order valence-electron chi connectivity index (χ2n) is 7.51. The zero-order chi connectivity index (χ0) is 24.1. The van der Waals surface area contributed by atoms with Crippen LogP contribution in [-0.4, -0.2) is 43.2 Å². The number of carbonyl (C=O) groups excluding carboxylic acids is 4. The third-order valence-electron chi connectivity index (χ3n) is 5.22. The van der Waals surface area contributed by atoms with Crippen molar-refractivity contribution in [3.8, 4) is 5.75 Å². The Labute approximate surface area is 195 Å². The van der Waals surface area contributed by atoms with E-state index in [1.54, 1.807) is 55.5 Å². The molecule has 10 heteroatoms. The maximum absolute atomic E-state index is 12.7. The first-order chi connectivity index (χ1) is 16.5. The lowest BCUT2D eigenvalue weighted by atomic mass is 9.95. The Kier molecular flexibility index (Phi) is 6.77. The van der Waals surface area contributed by atoms with E-state index < -0.39 is 42.6 Å². The number of para-hydroxylation sites is 2. The minimum absolute atomic E-state index is 0.101. The monoisotopic (exact) mass is 465 g/mol. The second kappa shape index (κ2) is 10.1. The molecule has 0 bridgehead atoms. The van der Waals surface area contributed by atoms with Crippen LogP contribution in [0.2, 0.25) is 0 Å². The molecule has 0 saturated heterocycles. The van der Waals surface area contributed by atoms with E-state index in [2.05, 4.69) is 16.0 Å². The van der Waals surface area contributed by atoms with Gasteiger partial charge in [-0.15, -0.1) is 0 Å². The number of nitrogens with one attached hydrogen (secondary N) is 3. The van der Waals surface area contributed by atoms with Crippen LogP contribution in [0.4, 0.5) is 10.5 Å². The number of carbonyl (C=O) groups is 4. The smallest absolute Gasteiger partial charge is 0.338 e. The molecule has 2 atom stereocenters. The van der Waals surface area contributed by atoms with E-state index in [1.807, 2.05) is 6.07 Å². The lowest BCUT2D eigenvalue weighted by Crippen LogP contribution is -2.47. The number of anilines is 1. The SMILES string of the molecule is CCOC(=O)C1=C(COC(=O)C[C@H]2Oc3ccccc3NC2=O)NC(=O)N[C@@H]1c1ccccc1. The number of fused-ring (bicyclic) bond motifs is 1. The van der Waals surface area contributed by atoms with Crippen molar-refractivity contribution in [3.63, 3.8) is 0 Å². The number of esters is 2. The summed E-state index contributed by atoms with van der Waals surface area (Å²) in [7, 11) is 0. The molecule has 0 spiro atoms. The zero-order valence-electron chi connectivity index (χ0n) is 18.3. The molecule has 2 aliphatic heterocycles. The largest absolute Gasteiger partial charge is 0.478 e. The van der Waals surface area contributed by atoms with Gasteiger partial charge < -0.3 is 30.2 Å². The standard InChI is InChI=1S/C24H23N3O7/c1-2-32-23(30)20-16(26-24(31)27-21(20)14-8-4-3-5-9-14)13-33-19(28)12-18-22(29)25-15-10-6-7-11-17(15)34-18/h3-11,18,21H,2,12-13H2,1H3,(H,25,29)(H2,26,27,31)/t18-,21-/m1/s1. The third-order valence-corrected chi connectivity index (χ3v) is 5.22. The van der Waals surface area contributed by atoms with Gasteiger partial charge in [0.05, 0.1) is 36.0 Å². The summed E-state index contributed by atoms with van der Waals surface area (Å²) >= 11 is 0. The van der Waals surface area contributed by atoms with E-state index in [0.29, 0.717) is 17.0 Å². The molecule has 176 valence electrons. The first kappa shape index (κ1) is 22.8. The highest BCUT2D eigenvalue weighted by molar-refractivity contribution is 5.99. The van der Waals surface area contributed by atoms with Crippen LogP contribution < -0.4 is 20.7 Å². The minimum atomic E-state index is -1.07. The number of benzene rings is 2. The van der Waals surface area contributed by atoms with Crippen molar-refractivity contribution in [2.75, 3.05) is 18.5 Å². The maximum Gasteiger partial charge on any atom is 0.338 e. The molecule has 2 aromatic carbocycles. The van der Waals surface area contributed by atoms with Crippen LogP contribution in [-0.2, 0) is 23.9 Å². The number of amides is 3. The van der Waals surface area contributed by atoms with E-state index >= 15 is 0 Å². The first-order valence-corrected chi connectivity index (χ1v) is 10.7. The average molecular weight is 465 g/mol. The number of urea groups is 1. The summed E-state index contributed by atoms with van der Waals surface area (Å²) in [5.74, 6) is -1.41. The molecule has 34 heavy (non-hydrogen) atoms. The van der Waals surface area contributed by atoms with Crippen molar-refractivity contribution in [2.45, 2.75) is 25.5 Å². The fraction of sp³-hybridized carbons (Fsp3) is 0.250. The van der Waals surface area contributed by atoms with E-state index in [9.17, 15) is 19.2 Å². The van der Waals surface area contributed by atoms with Gasteiger partial charge in [0.25, 0.3) is 5.91 Å². The van der Waals surface area contributed by atoms with E-state index in [-0.39, 0.29) is 24.3 Å². The van der Waals surface area contributed by atoms with Gasteiger partial charge in [0.15, 0.2) is 6.10 Å². The van der Waals surface area contributed by atoms with Crippen molar-refractivity contribution >= 4 is 29.6 Å². The maximum atomic E-state index is 12.7. The van der Waals surface area contributed by atoms with Gasteiger partial charge in [-0.2, -0.15) is 0 Å². The molecule has 2 aromatic rings. The van der Waals surface area contributed by atoms with E-state index in [1.165, 1.54) is 0 Å². The highest BCUT2D eigenvalue weighted by Crippen LogP contribution is 2.30. The Hall–Kier alpha value is -4.34. The number of rotatable bonds is 7. The molecule has 0 aliphatic carbocycles. The van der Waals surface area contributed by atoms with Crippen LogP contribution in [0.25, 0.3) is 0 Å². The van der Waals surface area contributed by atoms with Crippen LogP contribution in [0.5, 0.6) is 5.75 Å². The predicted molar refractivity (Wildman–Crippen MR) is 120 cm³/mol. The normalized spacial score (nSPS) is 19.1. The number of hydrogen-bond donors (Lipinski definition) is 3. The fourth-order valence-electron chi connectivity index (χ4n) is 3.67. The van der Waals surface area contributed by atoms with Crippen LogP contribution >= 0.6 is 0 Å². The molecule has 0 fully saturated rings. The Morgan fingerprint density at radius 2 is 1.71 bits per heavy atom. The Bertz CT molecular complexity index is 1150. The van der Waals surface area contributed by atoms with Gasteiger partial charge in [-0.1, -0.05) is 42.5 Å². The molecule has 10 nitrogen and oxygen atoms in total. The highest BCUT2D eigenvalue weighted by Gasteiger charge is 2.35. The fourth-order valence-corrected chi connectivity index (χ4v) is 3.67. The van der Waals surface area contributed by atoms with Gasteiger partial charge in [-0.3, -0.25) is 9.59 Å². The van der Waals surface area contributed by atoms with Gasteiger partial charge in [0.2, 0.25) is 0 Å². The summed E-state index contributed by atoms with van der Waals surface area (Å²) in [6.07, 6.45) is -1.42. The number of ether oxygens (including phenoxy) is 3. The van der Waals surface area contributed by atoms with Crippen molar-refractivity contribution in [1.29, 1.82) is 0 Å². The van der Waals surface area contributed by atoms with Gasteiger partial charge in [-0.25, -0.2) is 9.59 Å². The Morgan fingerprint density at radius 1 is 0.971 bits per heavy atom. The molecule has 0 radical (unpaired) electrons. The highest BCUT2D eigenvalue weighted by atomic mass is 16.5. The first-order valence-electron chi connectivity index (χ1n) is 10.7. The molecule has 0 aromatic heterocycles. The van der Waals surface area contributed by atoms with Gasteiger partial charge in [-0.05, 0) is 24.6 Å². The van der Waals surface area contributed by atoms with Gasteiger partial charge in [0, 0.05) is 0 Å². The lowest BCUT2D eigenvalue weighted by Gasteiger charge is -2.29. The molecule has 2 aliphatic rings. The predicted octanol–water partition coefficient (Wildman–Crippen LogP) is 2.19. The summed E-state index contributed by atoms with van der Waals surface area (Å²) in [4.78, 5) is 49.8. The minimum Gasteiger partial charge on any atom is -0.478 e. The lowest BCUT2D eigenvalue weighted by molar-refractivity contribution is -0.147. The Balaban J connectivity index is 1.50. The van der Waals surface area contributed by atoms with Crippen LogP contribution in [0, 0.1) is 0 Å². The van der Waals surface area contributed by atoms with Crippen LogP contribution in [0.1, 0.15) is 24.9 Å². The average Bonchev–Trinajstić information content (AvgIpc) is 2.83. The van der Waals surface area contributed by atoms with Gasteiger partial charge >= 0.3 is 18.0 Å². The molecule has 3 amide bonds. The van der Waals surface area contributed by atoms with Crippen LogP contribution in [0.15, 0.2) is 65.9 Å². The summed E-state index contributed by atoms with van der Waals surface area (Å²) in [5, 5.41) is 7.90. The molecular formula is C24H23N3O7. The summed E-state index contributed by atoms with van der Waals surface area (Å²) in [6, 6.07) is 14.4. The second-order valence-corrected chi connectivity index (χ2v) is 7.51. The molecule has 4 rings (SSSR count). The Morgan fingerprint density at radius 3 is 2.47 bits per heavy atom. The topological polar surface area (TPSA) is 132 Å². The van der Waals surface area contributed by atoms with Crippen LogP contribution in [0.3, 0.4) is 0 Å². The third kappa shape index (κ3) is 5.01. The number of hydrogen-bond acceptors (Lipinski definition) is 7. The summed E-state index contributed by atoms with van der Waals surface area (Å²) in [5.41, 5.74) is 1.41. The summed E-state index contributed by atoms with van der Waals surface area (Å²) in [6.45, 7) is 1.40. The summed E-state index contributed by atoms with van der Waals surface area (Å²) < 4.78 is 16.1. The molecular weight excluding hydrogens is 442 g/mol. The molecule has 2 heterocycles. The van der Waals surface area contributed by atoms with E-state index in [4.69, 9.17) is 14.2 Å².